The molecule has 1 aliphatic heterocycles. The van der Waals surface area contributed by atoms with Gasteiger partial charge in [0.15, 0.2) is 0 Å². The van der Waals surface area contributed by atoms with E-state index in [2.05, 4.69) is 4.90 Å². The van der Waals surface area contributed by atoms with Gasteiger partial charge in [-0.1, -0.05) is 18.2 Å². The predicted octanol–water partition coefficient (Wildman–Crippen LogP) is 1.76. The van der Waals surface area contributed by atoms with E-state index >= 15 is 0 Å². The smallest absolute Gasteiger partial charge is 0.244 e. The maximum Gasteiger partial charge on any atom is 0.244 e. The number of likely N-dealkylation sites (N-methyl/N-ethyl adjacent to an activating group) is 1. The molecular weight excluding hydrogens is 240 g/mol. The van der Waals surface area contributed by atoms with E-state index in [1.807, 2.05) is 49.1 Å². The number of amides is 1. The second-order valence-corrected chi connectivity index (χ2v) is 4.74. The van der Waals surface area contributed by atoms with E-state index in [1.165, 1.54) is 0 Å². The molecule has 0 aliphatic carbocycles. The fraction of sp³-hybridized carbons (Fsp3) is 0.533. The van der Waals surface area contributed by atoms with Crippen LogP contribution >= 0.6 is 0 Å². The minimum absolute atomic E-state index is 0.0935. The van der Waals surface area contributed by atoms with Gasteiger partial charge in [0, 0.05) is 25.3 Å². The molecule has 104 valence electrons. The van der Waals surface area contributed by atoms with Crippen LogP contribution in [0.4, 0.5) is 5.69 Å². The number of benzene rings is 1. The summed E-state index contributed by atoms with van der Waals surface area (Å²) in [5.74, 6) is 0.163. The molecule has 0 bridgehead atoms. The van der Waals surface area contributed by atoms with Gasteiger partial charge < -0.3 is 9.64 Å². The molecule has 1 aliphatic rings. The summed E-state index contributed by atoms with van der Waals surface area (Å²) in [6.07, 6.45) is 0. The van der Waals surface area contributed by atoms with Crippen LogP contribution in [0.1, 0.15) is 13.8 Å². The molecular formula is C15H22N2O2. The molecule has 1 aromatic carbocycles. The molecule has 1 amide bonds. The van der Waals surface area contributed by atoms with Crippen molar-refractivity contribution < 1.29 is 9.53 Å². The second-order valence-electron chi connectivity index (χ2n) is 4.74. The van der Waals surface area contributed by atoms with E-state index in [0.29, 0.717) is 6.54 Å². The lowest BCUT2D eigenvalue weighted by Gasteiger charge is -2.34. The maximum atomic E-state index is 12.6. The number of para-hydroxylation sites is 1. The van der Waals surface area contributed by atoms with Crippen LogP contribution in [-0.2, 0) is 9.53 Å². The Balaban J connectivity index is 2.07. The van der Waals surface area contributed by atoms with E-state index in [9.17, 15) is 4.79 Å². The SMILES string of the molecule is CCN(C(=O)C(C)N1CCOCC1)c1ccccc1. The van der Waals surface area contributed by atoms with Gasteiger partial charge in [-0.05, 0) is 26.0 Å². The normalized spacial score (nSPS) is 18.0. The van der Waals surface area contributed by atoms with Crippen molar-refractivity contribution in [2.24, 2.45) is 0 Å². The summed E-state index contributed by atoms with van der Waals surface area (Å²) in [5.41, 5.74) is 0.968. The van der Waals surface area contributed by atoms with Crippen molar-refractivity contribution in [2.45, 2.75) is 19.9 Å². The standard InChI is InChI=1S/C15H22N2O2/c1-3-17(14-7-5-4-6-8-14)15(18)13(2)16-9-11-19-12-10-16/h4-8,13H,3,9-12H2,1-2H3. The lowest BCUT2D eigenvalue weighted by atomic mass is 10.2. The molecule has 0 spiro atoms. The van der Waals surface area contributed by atoms with Gasteiger partial charge >= 0.3 is 0 Å². The first-order valence-electron chi connectivity index (χ1n) is 6.92. The minimum Gasteiger partial charge on any atom is -0.379 e. The van der Waals surface area contributed by atoms with Gasteiger partial charge in [0.25, 0.3) is 0 Å². The summed E-state index contributed by atoms with van der Waals surface area (Å²) in [6, 6.07) is 9.76. The minimum atomic E-state index is -0.0935. The number of rotatable bonds is 4. The Morgan fingerprint density at radius 1 is 1.32 bits per heavy atom. The third-order valence-corrected chi connectivity index (χ3v) is 3.60. The summed E-state index contributed by atoms with van der Waals surface area (Å²) in [6.45, 7) is 7.79. The van der Waals surface area contributed by atoms with Crippen molar-refractivity contribution in [3.05, 3.63) is 30.3 Å². The van der Waals surface area contributed by atoms with E-state index in [1.54, 1.807) is 0 Å². The van der Waals surface area contributed by atoms with Gasteiger partial charge in [-0.25, -0.2) is 0 Å². The number of hydrogen-bond acceptors (Lipinski definition) is 3. The molecule has 1 aromatic rings. The number of carbonyl (C=O) groups excluding carboxylic acids is 1. The van der Waals surface area contributed by atoms with Crippen LogP contribution in [-0.4, -0.2) is 49.7 Å². The fourth-order valence-corrected chi connectivity index (χ4v) is 2.42. The molecule has 2 rings (SSSR count). The number of anilines is 1. The maximum absolute atomic E-state index is 12.6. The lowest BCUT2D eigenvalue weighted by Crippen LogP contribution is -2.51. The summed E-state index contributed by atoms with van der Waals surface area (Å²) in [5, 5.41) is 0. The molecule has 1 heterocycles. The van der Waals surface area contributed by atoms with Crippen LogP contribution in [0.2, 0.25) is 0 Å². The Morgan fingerprint density at radius 2 is 1.95 bits per heavy atom. The van der Waals surface area contributed by atoms with Gasteiger partial charge in [0.2, 0.25) is 5.91 Å². The number of nitrogens with zero attached hydrogens (tertiary/aromatic N) is 2. The summed E-state index contributed by atoms with van der Waals surface area (Å²) in [7, 11) is 0. The molecule has 1 atom stereocenters. The van der Waals surface area contributed by atoms with Crippen molar-refractivity contribution in [2.75, 3.05) is 37.7 Å². The van der Waals surface area contributed by atoms with E-state index < -0.39 is 0 Å². The number of morpholine rings is 1. The first-order chi connectivity index (χ1) is 9.24. The van der Waals surface area contributed by atoms with Gasteiger partial charge in [-0.2, -0.15) is 0 Å². The third kappa shape index (κ3) is 3.33. The summed E-state index contributed by atoms with van der Waals surface area (Å²) < 4.78 is 5.33. The zero-order valence-corrected chi connectivity index (χ0v) is 11.7. The van der Waals surface area contributed by atoms with Gasteiger partial charge in [-0.3, -0.25) is 9.69 Å². The molecule has 1 fully saturated rings. The highest BCUT2D eigenvalue weighted by molar-refractivity contribution is 5.96. The second kappa shape index (κ2) is 6.68. The lowest BCUT2D eigenvalue weighted by molar-refractivity contribution is -0.124. The fourth-order valence-electron chi connectivity index (χ4n) is 2.42. The Hall–Kier alpha value is -1.39. The van der Waals surface area contributed by atoms with Gasteiger partial charge in [0.1, 0.15) is 0 Å². The van der Waals surface area contributed by atoms with E-state index in [4.69, 9.17) is 4.74 Å². The average Bonchev–Trinajstić information content (AvgIpc) is 2.49. The molecule has 0 saturated carbocycles. The third-order valence-electron chi connectivity index (χ3n) is 3.60. The van der Waals surface area contributed by atoms with Crippen molar-refractivity contribution in [1.29, 1.82) is 0 Å². The molecule has 1 saturated heterocycles. The van der Waals surface area contributed by atoms with Crippen LogP contribution in [0.25, 0.3) is 0 Å². The highest BCUT2D eigenvalue weighted by Crippen LogP contribution is 2.16. The van der Waals surface area contributed by atoms with Crippen molar-refractivity contribution in [3.63, 3.8) is 0 Å². The highest BCUT2D eigenvalue weighted by atomic mass is 16.5. The van der Waals surface area contributed by atoms with E-state index in [-0.39, 0.29) is 11.9 Å². The highest BCUT2D eigenvalue weighted by Gasteiger charge is 2.27. The van der Waals surface area contributed by atoms with Gasteiger partial charge in [-0.15, -0.1) is 0 Å². The van der Waals surface area contributed by atoms with Crippen molar-refractivity contribution >= 4 is 11.6 Å². The largest absolute Gasteiger partial charge is 0.379 e. The molecule has 4 nitrogen and oxygen atoms in total. The molecule has 19 heavy (non-hydrogen) atoms. The Bertz CT molecular complexity index is 402. The van der Waals surface area contributed by atoms with Crippen LogP contribution in [0.5, 0.6) is 0 Å². The van der Waals surface area contributed by atoms with E-state index in [0.717, 1.165) is 32.0 Å². The Kier molecular flexibility index (Phi) is 4.93. The molecule has 0 aromatic heterocycles. The van der Waals surface area contributed by atoms with Crippen LogP contribution < -0.4 is 4.90 Å². The zero-order valence-electron chi connectivity index (χ0n) is 11.7. The average molecular weight is 262 g/mol. The zero-order chi connectivity index (χ0) is 13.7. The molecule has 0 radical (unpaired) electrons. The number of hydrogen-bond donors (Lipinski definition) is 0. The van der Waals surface area contributed by atoms with Crippen LogP contribution in [0, 0.1) is 0 Å². The molecule has 1 unspecified atom stereocenters. The first-order valence-corrected chi connectivity index (χ1v) is 6.92. The summed E-state index contributed by atoms with van der Waals surface area (Å²) >= 11 is 0. The first kappa shape index (κ1) is 14.0. The summed E-state index contributed by atoms with van der Waals surface area (Å²) in [4.78, 5) is 16.7. The Labute approximate surface area is 115 Å². The molecule has 4 heteroatoms. The monoisotopic (exact) mass is 262 g/mol. The van der Waals surface area contributed by atoms with Crippen LogP contribution in [0.3, 0.4) is 0 Å². The Morgan fingerprint density at radius 3 is 2.53 bits per heavy atom. The van der Waals surface area contributed by atoms with Gasteiger partial charge in [0.05, 0.1) is 19.3 Å². The number of ether oxygens (including phenoxy) is 1. The van der Waals surface area contributed by atoms with Crippen LogP contribution in [0.15, 0.2) is 30.3 Å². The topological polar surface area (TPSA) is 32.8 Å². The van der Waals surface area contributed by atoms with Crippen molar-refractivity contribution in [1.82, 2.24) is 4.90 Å². The molecule has 0 N–H and O–H groups in total. The number of carbonyl (C=O) groups is 1. The predicted molar refractivity (Wildman–Crippen MR) is 76.3 cm³/mol. The van der Waals surface area contributed by atoms with Crippen molar-refractivity contribution in [3.8, 4) is 0 Å². The quantitative estimate of drug-likeness (QED) is 0.829.